The molecule has 3 nitrogen and oxygen atoms in total. The fourth-order valence-electron chi connectivity index (χ4n) is 2.26. The van der Waals surface area contributed by atoms with E-state index in [4.69, 9.17) is 18.0 Å². The molecule has 0 aromatic rings. The van der Waals surface area contributed by atoms with Crippen molar-refractivity contribution < 1.29 is 13.6 Å². The zero-order valence-electron chi connectivity index (χ0n) is 13.6. The maximum absolute atomic E-state index is 12.5. The van der Waals surface area contributed by atoms with Gasteiger partial charge < -0.3 is 0 Å². The average molecular weight is 434 g/mol. The minimum absolute atomic E-state index is 0.437. The molecular weight excluding hydrogens is 401 g/mol. The van der Waals surface area contributed by atoms with Crippen molar-refractivity contribution in [3.05, 3.63) is 0 Å². The van der Waals surface area contributed by atoms with Crippen LogP contribution in [-0.2, 0) is 13.6 Å². The molecule has 0 saturated carbocycles. The van der Waals surface area contributed by atoms with Gasteiger partial charge in [-0.15, -0.1) is 0 Å². The normalized spacial score (nSPS) is 12.8. The van der Waals surface area contributed by atoms with Crippen LogP contribution in [0.15, 0.2) is 0 Å². The average Bonchev–Trinajstić information content (AvgIpc) is 2.42. The van der Waals surface area contributed by atoms with Crippen molar-refractivity contribution in [3.8, 4) is 0 Å². The number of halogens is 1. The summed E-state index contributed by atoms with van der Waals surface area (Å²) in [5.74, 6) is 0. The van der Waals surface area contributed by atoms with Crippen LogP contribution in [0.5, 0.6) is 0 Å². The number of unbranched alkanes of at least 4 members (excludes halogenated alkanes) is 2. The van der Waals surface area contributed by atoms with E-state index in [-0.39, 0.29) is 0 Å². The van der Waals surface area contributed by atoms with E-state index in [0.717, 1.165) is 4.44 Å². The Morgan fingerprint density at radius 2 is 1.35 bits per heavy atom. The van der Waals surface area contributed by atoms with Crippen molar-refractivity contribution in [3.63, 3.8) is 0 Å². The molecule has 0 fully saturated rings. The molecule has 0 radical (unpaired) electrons. The van der Waals surface area contributed by atoms with E-state index in [0.29, 0.717) is 19.4 Å². The molecule has 0 aromatic carbocycles. The van der Waals surface area contributed by atoms with Gasteiger partial charge in [0.15, 0.2) is 0 Å². The quantitative estimate of drug-likeness (QED) is 0.262. The summed E-state index contributed by atoms with van der Waals surface area (Å²) in [6.07, 6.45) is 5.30. The molecule has 0 aliphatic carbocycles. The zero-order chi connectivity index (χ0) is 15.5. The molecule has 0 amide bonds. The molecule has 0 heterocycles. The van der Waals surface area contributed by atoms with Gasteiger partial charge in [0.2, 0.25) is 0 Å². The Labute approximate surface area is 133 Å². The van der Waals surface area contributed by atoms with Crippen molar-refractivity contribution in [2.24, 2.45) is 0 Å². The maximum atomic E-state index is 12.5. The van der Waals surface area contributed by atoms with Gasteiger partial charge in [-0.1, -0.05) is 0 Å². The number of hydrogen-bond acceptors (Lipinski definition) is 3. The third kappa shape index (κ3) is 9.30. The van der Waals surface area contributed by atoms with E-state index >= 15 is 0 Å². The van der Waals surface area contributed by atoms with Gasteiger partial charge in [-0.3, -0.25) is 0 Å². The molecule has 0 aliphatic rings. The van der Waals surface area contributed by atoms with Crippen LogP contribution < -0.4 is 0 Å². The summed E-state index contributed by atoms with van der Waals surface area (Å²) < 4.78 is 26.6. The molecule has 122 valence electrons. The first-order valence-electron chi connectivity index (χ1n) is 8.02. The molecule has 0 bridgehead atoms. The van der Waals surface area contributed by atoms with E-state index in [1.54, 1.807) is 0 Å². The van der Waals surface area contributed by atoms with Gasteiger partial charge in [0.25, 0.3) is 0 Å². The Balaban J connectivity index is 4.57. The van der Waals surface area contributed by atoms with Gasteiger partial charge in [0.1, 0.15) is 0 Å². The predicted molar refractivity (Wildman–Crippen MR) is 91.6 cm³/mol. The molecule has 6 heteroatoms. The standard InChI is InChI=1S/C6H14O3P.2C4H9.ClH.Sn/c1-4-8-10(7,6-3)9-5-2;2*1-3-4-2;;/h3-6H2,1-2H3;2*1,3-4H2,2H3;1H;/q;;;;+1/p-1. The number of rotatable bonds is 13. The summed E-state index contributed by atoms with van der Waals surface area (Å²) in [4.78, 5) is 0. The summed E-state index contributed by atoms with van der Waals surface area (Å²) in [5.41, 5.74) is 0. The second kappa shape index (κ2) is 11.8. The molecule has 0 aromatic heterocycles. The van der Waals surface area contributed by atoms with E-state index in [1.807, 2.05) is 13.8 Å². The summed E-state index contributed by atoms with van der Waals surface area (Å²) in [6, 6.07) is 0. The fourth-order valence-corrected chi connectivity index (χ4v) is 21.1. The van der Waals surface area contributed by atoms with Crippen LogP contribution in [0.3, 0.4) is 0 Å². The van der Waals surface area contributed by atoms with Crippen molar-refractivity contribution in [2.45, 2.75) is 66.7 Å². The molecule has 0 unspecified atom stereocenters. The summed E-state index contributed by atoms with van der Waals surface area (Å²) >= 11 is -2.62. The van der Waals surface area contributed by atoms with Crippen molar-refractivity contribution in [2.75, 3.05) is 19.4 Å². The van der Waals surface area contributed by atoms with E-state index < -0.39 is 24.8 Å². The van der Waals surface area contributed by atoms with Crippen LogP contribution in [-0.4, -0.2) is 36.6 Å². The molecule has 0 saturated heterocycles. The van der Waals surface area contributed by atoms with Crippen LogP contribution >= 0.6 is 16.5 Å². The first kappa shape index (κ1) is 21.2. The first-order chi connectivity index (χ1) is 9.45. The molecule has 20 heavy (non-hydrogen) atoms. The molecule has 0 atom stereocenters. The van der Waals surface area contributed by atoms with Crippen molar-refractivity contribution in [1.82, 2.24) is 0 Å². The van der Waals surface area contributed by atoms with Crippen LogP contribution in [0.2, 0.25) is 13.3 Å². The summed E-state index contributed by atoms with van der Waals surface area (Å²) in [6.45, 7) is 8.99. The zero-order valence-corrected chi connectivity index (χ0v) is 18.1. The van der Waals surface area contributed by atoms with Crippen LogP contribution in [0.25, 0.3) is 0 Å². The first-order valence-corrected chi connectivity index (χ1v) is 19.4. The monoisotopic (exact) mass is 434 g/mol. The summed E-state index contributed by atoms with van der Waals surface area (Å²) in [7, 11) is 4.07. The summed E-state index contributed by atoms with van der Waals surface area (Å²) in [5, 5.41) is 0. The van der Waals surface area contributed by atoms with E-state index in [9.17, 15) is 4.57 Å². The third-order valence-corrected chi connectivity index (χ3v) is 20.9. The van der Waals surface area contributed by atoms with E-state index in [1.165, 1.54) is 34.6 Å². The van der Waals surface area contributed by atoms with Crippen molar-refractivity contribution in [1.29, 1.82) is 0 Å². The Hall–Kier alpha value is 1.24. The fraction of sp³-hybridized carbons (Fsp3) is 1.00. The molecule has 0 aliphatic heterocycles. The van der Waals surface area contributed by atoms with E-state index in [2.05, 4.69) is 13.8 Å². The minimum atomic E-state index is -2.91. The second-order valence-corrected chi connectivity index (χ2v) is 23.7. The molecule has 0 spiro atoms. The number of hydrogen-bond donors (Lipinski definition) is 0. The Morgan fingerprint density at radius 3 is 1.70 bits per heavy atom. The van der Waals surface area contributed by atoms with Gasteiger partial charge >= 0.3 is 133 Å². The topological polar surface area (TPSA) is 35.5 Å². The SMILES string of the molecule is CCC[CH2][Sn]([Cl])([CH2]CCC)[CH2]CP(=O)(OCC)OCC. The van der Waals surface area contributed by atoms with Crippen LogP contribution in [0, 0.1) is 0 Å². The van der Waals surface area contributed by atoms with Gasteiger partial charge in [-0.2, -0.15) is 0 Å². The van der Waals surface area contributed by atoms with Gasteiger partial charge in [-0.05, 0) is 0 Å². The van der Waals surface area contributed by atoms with Crippen molar-refractivity contribution >= 4 is 33.8 Å². The van der Waals surface area contributed by atoms with Gasteiger partial charge in [0, 0.05) is 0 Å². The molecule has 0 rings (SSSR count). The third-order valence-electron chi connectivity index (χ3n) is 3.44. The predicted octanol–water partition coefficient (Wildman–Crippen LogP) is 6.04. The Bertz CT molecular complexity index is 272. The van der Waals surface area contributed by atoms with Gasteiger partial charge in [0.05, 0.1) is 0 Å². The second-order valence-electron chi connectivity index (χ2n) is 5.28. The van der Waals surface area contributed by atoms with Gasteiger partial charge in [-0.25, -0.2) is 0 Å². The molecular formula is C14H32ClO3PSn. The Morgan fingerprint density at radius 1 is 0.900 bits per heavy atom. The Kier molecular flexibility index (Phi) is 12.5. The van der Waals surface area contributed by atoms with Crippen LogP contribution in [0.4, 0.5) is 0 Å². The molecule has 0 N–H and O–H groups in total. The van der Waals surface area contributed by atoms with Crippen LogP contribution in [0.1, 0.15) is 53.4 Å².